The van der Waals surface area contributed by atoms with Crippen LogP contribution < -0.4 is 4.74 Å². The van der Waals surface area contributed by atoms with E-state index in [4.69, 9.17) is 9.47 Å². The van der Waals surface area contributed by atoms with Gasteiger partial charge in [-0.05, 0) is 31.5 Å². The molecule has 2 aliphatic heterocycles. The summed E-state index contributed by atoms with van der Waals surface area (Å²) >= 11 is 0. The average Bonchev–Trinajstić information content (AvgIpc) is 3.23. The van der Waals surface area contributed by atoms with Gasteiger partial charge in [0.15, 0.2) is 0 Å². The van der Waals surface area contributed by atoms with Crippen molar-refractivity contribution < 1.29 is 9.47 Å². The first-order chi connectivity index (χ1) is 14.3. The van der Waals surface area contributed by atoms with Crippen LogP contribution in [0.5, 0.6) is 5.75 Å². The molecule has 1 N–H and O–H groups in total. The van der Waals surface area contributed by atoms with Crippen molar-refractivity contribution in [3.05, 3.63) is 47.3 Å². The first-order valence-corrected chi connectivity index (χ1v) is 10.5. The van der Waals surface area contributed by atoms with Gasteiger partial charge in [-0.2, -0.15) is 10.4 Å². The number of rotatable bonds is 7. The predicted octanol–water partition coefficient (Wildman–Crippen LogP) is 2.37. The second-order valence-corrected chi connectivity index (χ2v) is 7.79. The topological polar surface area (TPSA) is 77.4 Å². The Morgan fingerprint density at radius 3 is 2.93 bits per heavy atom. The minimum atomic E-state index is 0.480. The molecule has 0 radical (unpaired) electrons. The number of aromatic nitrogens is 2. The summed E-state index contributed by atoms with van der Waals surface area (Å²) in [5, 5.41) is 16.8. The molecule has 3 heterocycles. The predicted molar refractivity (Wildman–Crippen MR) is 110 cm³/mol. The standard InChI is InChI=1S/C22H29N5O2/c23-14-18-4-1-2-6-21(18)29-13-10-26-7-3-5-19(16-26)22-20(15-24-25-22)17-27-8-11-28-12-9-27/h1-2,4,6,15,19H,3,5,7-13,16-17H2,(H,24,25)/t19-/m0/s1. The Hall–Kier alpha value is -2.40. The number of hydrogen-bond acceptors (Lipinski definition) is 6. The largest absolute Gasteiger partial charge is 0.491 e. The lowest BCUT2D eigenvalue weighted by Crippen LogP contribution is -2.38. The van der Waals surface area contributed by atoms with Gasteiger partial charge >= 0.3 is 0 Å². The van der Waals surface area contributed by atoms with Gasteiger partial charge in [0, 0.05) is 49.9 Å². The molecule has 1 atom stereocenters. The summed E-state index contributed by atoms with van der Waals surface area (Å²) in [5.74, 6) is 1.15. The second-order valence-electron chi connectivity index (χ2n) is 7.79. The summed E-state index contributed by atoms with van der Waals surface area (Å²) in [6, 6.07) is 9.61. The molecule has 1 aromatic carbocycles. The Balaban J connectivity index is 1.31. The van der Waals surface area contributed by atoms with Crippen molar-refractivity contribution in [2.45, 2.75) is 25.3 Å². The van der Waals surface area contributed by atoms with E-state index < -0.39 is 0 Å². The van der Waals surface area contributed by atoms with Crippen LogP contribution in [0.3, 0.4) is 0 Å². The summed E-state index contributed by atoms with van der Waals surface area (Å²) in [6.07, 6.45) is 4.36. The van der Waals surface area contributed by atoms with E-state index in [1.165, 1.54) is 24.1 Å². The van der Waals surface area contributed by atoms with Gasteiger partial charge in [0.25, 0.3) is 0 Å². The lowest BCUT2D eigenvalue weighted by atomic mass is 9.92. The maximum Gasteiger partial charge on any atom is 0.137 e. The van der Waals surface area contributed by atoms with Gasteiger partial charge in [-0.15, -0.1) is 0 Å². The molecular weight excluding hydrogens is 366 g/mol. The van der Waals surface area contributed by atoms with E-state index in [0.717, 1.165) is 52.5 Å². The van der Waals surface area contributed by atoms with Gasteiger partial charge < -0.3 is 9.47 Å². The van der Waals surface area contributed by atoms with Gasteiger partial charge in [0.2, 0.25) is 0 Å². The van der Waals surface area contributed by atoms with Crippen LogP contribution in [-0.4, -0.2) is 72.5 Å². The third kappa shape index (κ3) is 5.15. The summed E-state index contributed by atoms with van der Waals surface area (Å²) in [5.41, 5.74) is 3.20. The summed E-state index contributed by atoms with van der Waals surface area (Å²) in [4.78, 5) is 4.90. The first kappa shape index (κ1) is 19.9. The molecule has 29 heavy (non-hydrogen) atoms. The number of benzene rings is 1. The van der Waals surface area contributed by atoms with E-state index in [-0.39, 0.29) is 0 Å². The maximum atomic E-state index is 9.19. The van der Waals surface area contributed by atoms with Crippen LogP contribution in [0, 0.1) is 11.3 Å². The van der Waals surface area contributed by atoms with Crippen molar-refractivity contribution in [2.24, 2.45) is 0 Å². The number of nitrogens with one attached hydrogen (secondary N) is 1. The normalized spacial score (nSPS) is 21.0. The van der Waals surface area contributed by atoms with E-state index in [1.807, 2.05) is 24.4 Å². The van der Waals surface area contributed by atoms with Gasteiger partial charge in [-0.1, -0.05) is 12.1 Å². The third-order valence-electron chi connectivity index (χ3n) is 5.84. The number of ether oxygens (including phenoxy) is 2. The molecule has 0 aliphatic carbocycles. The number of morpholine rings is 1. The molecule has 4 rings (SSSR count). The lowest BCUT2D eigenvalue weighted by molar-refractivity contribution is 0.0339. The van der Waals surface area contributed by atoms with E-state index in [1.54, 1.807) is 6.07 Å². The van der Waals surface area contributed by atoms with Crippen molar-refractivity contribution in [3.8, 4) is 11.8 Å². The highest BCUT2D eigenvalue weighted by Gasteiger charge is 2.25. The third-order valence-corrected chi connectivity index (χ3v) is 5.84. The molecule has 2 saturated heterocycles. The molecule has 0 unspecified atom stereocenters. The number of para-hydroxylation sites is 1. The summed E-state index contributed by atoms with van der Waals surface area (Å²) < 4.78 is 11.3. The van der Waals surface area contributed by atoms with E-state index in [9.17, 15) is 5.26 Å². The molecule has 7 heteroatoms. The fraction of sp³-hybridized carbons (Fsp3) is 0.545. The van der Waals surface area contributed by atoms with Gasteiger partial charge in [0.05, 0.1) is 25.0 Å². The van der Waals surface area contributed by atoms with Crippen LogP contribution in [0.4, 0.5) is 0 Å². The second kappa shape index (κ2) is 9.88. The zero-order valence-corrected chi connectivity index (χ0v) is 16.8. The van der Waals surface area contributed by atoms with Crippen LogP contribution in [0.1, 0.15) is 35.6 Å². The highest BCUT2D eigenvalue weighted by molar-refractivity contribution is 5.42. The monoisotopic (exact) mass is 395 g/mol. The van der Waals surface area contributed by atoms with Crippen LogP contribution in [0.2, 0.25) is 0 Å². The number of nitrogens with zero attached hydrogens (tertiary/aromatic N) is 4. The Morgan fingerprint density at radius 1 is 1.21 bits per heavy atom. The molecule has 7 nitrogen and oxygen atoms in total. The highest BCUT2D eigenvalue weighted by atomic mass is 16.5. The summed E-state index contributed by atoms with van der Waals surface area (Å²) in [6.45, 7) is 8.12. The Bertz CT molecular complexity index is 825. The molecular formula is C22H29N5O2. The molecule has 154 valence electrons. The van der Waals surface area contributed by atoms with Crippen LogP contribution in [0.15, 0.2) is 30.5 Å². The van der Waals surface area contributed by atoms with Crippen molar-refractivity contribution in [1.82, 2.24) is 20.0 Å². The van der Waals surface area contributed by atoms with E-state index in [0.29, 0.717) is 23.8 Å². The molecule has 2 aromatic rings. The SMILES string of the molecule is N#Cc1ccccc1OCCN1CCC[C@H](c2[nH]ncc2CN2CCOCC2)C1. The molecule has 0 bridgehead atoms. The van der Waals surface area contributed by atoms with Crippen molar-refractivity contribution in [3.63, 3.8) is 0 Å². The van der Waals surface area contributed by atoms with Gasteiger partial charge in [-0.25, -0.2) is 0 Å². The van der Waals surface area contributed by atoms with Crippen molar-refractivity contribution in [1.29, 1.82) is 5.26 Å². The molecule has 0 spiro atoms. The highest BCUT2D eigenvalue weighted by Crippen LogP contribution is 2.28. The number of likely N-dealkylation sites (tertiary alicyclic amines) is 1. The number of nitriles is 1. The number of aromatic amines is 1. The van der Waals surface area contributed by atoms with Crippen LogP contribution in [-0.2, 0) is 11.3 Å². The van der Waals surface area contributed by atoms with Crippen LogP contribution >= 0.6 is 0 Å². The molecule has 2 fully saturated rings. The molecule has 0 amide bonds. The van der Waals surface area contributed by atoms with Gasteiger partial charge in [0.1, 0.15) is 18.4 Å². The molecule has 0 saturated carbocycles. The lowest BCUT2D eigenvalue weighted by Gasteiger charge is -2.33. The van der Waals surface area contributed by atoms with Crippen molar-refractivity contribution in [2.75, 3.05) is 52.5 Å². The van der Waals surface area contributed by atoms with E-state index in [2.05, 4.69) is 26.1 Å². The molecule has 1 aromatic heterocycles. The number of hydrogen-bond donors (Lipinski definition) is 1. The fourth-order valence-electron chi connectivity index (χ4n) is 4.26. The number of H-pyrrole nitrogens is 1. The number of piperidine rings is 1. The summed E-state index contributed by atoms with van der Waals surface area (Å²) in [7, 11) is 0. The zero-order valence-electron chi connectivity index (χ0n) is 16.8. The Kier molecular flexibility index (Phi) is 6.78. The Labute approximate surface area is 172 Å². The average molecular weight is 396 g/mol. The minimum absolute atomic E-state index is 0.480. The molecule has 2 aliphatic rings. The fourth-order valence-corrected chi connectivity index (χ4v) is 4.26. The first-order valence-electron chi connectivity index (χ1n) is 10.5. The minimum Gasteiger partial charge on any atom is -0.491 e. The quantitative estimate of drug-likeness (QED) is 0.776. The Morgan fingerprint density at radius 2 is 2.07 bits per heavy atom. The van der Waals surface area contributed by atoms with Gasteiger partial charge in [-0.3, -0.25) is 14.9 Å². The van der Waals surface area contributed by atoms with E-state index >= 15 is 0 Å². The van der Waals surface area contributed by atoms with Crippen LogP contribution in [0.25, 0.3) is 0 Å². The maximum absolute atomic E-state index is 9.19. The van der Waals surface area contributed by atoms with Crippen molar-refractivity contribution >= 4 is 0 Å². The zero-order chi connectivity index (χ0) is 19.9. The smallest absolute Gasteiger partial charge is 0.137 e.